The smallest absolute Gasteiger partial charge is 0.184 e. The lowest BCUT2D eigenvalue weighted by Gasteiger charge is -2.40. The van der Waals surface area contributed by atoms with E-state index in [0.717, 1.165) is 16.7 Å². The van der Waals surface area contributed by atoms with Crippen molar-refractivity contribution in [3.8, 4) is 0 Å². The molecule has 4 N–H and O–H groups in total. The third kappa shape index (κ3) is 3.42. The van der Waals surface area contributed by atoms with Crippen LogP contribution in [0.5, 0.6) is 0 Å². The number of benzene rings is 1. The number of aliphatic hydroxyl groups excluding tert-OH is 4. The standard InChI is InChI=1S/C15H22O6/c1-8-3-4-10(5-9(8)2)15-20-12(7-17)13(19)14(21-15)11(18)6-16/h3-5,11-19H,6-7H2,1-2H3/t11-,12+,13-,14-,15+/m1/s1. The maximum atomic E-state index is 10.0. The first-order valence-corrected chi connectivity index (χ1v) is 6.93. The third-order valence-electron chi connectivity index (χ3n) is 3.85. The first-order chi connectivity index (χ1) is 9.97. The van der Waals surface area contributed by atoms with E-state index in [-0.39, 0.29) is 0 Å². The predicted octanol–water partition coefficient (Wildman–Crippen LogP) is -0.208. The Kier molecular flexibility index (Phi) is 5.32. The lowest BCUT2D eigenvalue weighted by atomic mass is 10.0. The normalized spacial score (nSPS) is 31.1. The molecule has 0 aromatic heterocycles. The molecule has 118 valence electrons. The summed E-state index contributed by atoms with van der Waals surface area (Å²) in [5.41, 5.74) is 2.92. The van der Waals surface area contributed by atoms with Crippen LogP contribution in [0.25, 0.3) is 0 Å². The molecule has 0 spiro atoms. The fraction of sp³-hybridized carbons (Fsp3) is 0.600. The van der Waals surface area contributed by atoms with Crippen LogP contribution in [0.2, 0.25) is 0 Å². The Bertz CT molecular complexity index is 477. The molecular weight excluding hydrogens is 276 g/mol. The van der Waals surface area contributed by atoms with Crippen LogP contribution in [0, 0.1) is 13.8 Å². The molecule has 1 aliphatic heterocycles. The summed E-state index contributed by atoms with van der Waals surface area (Å²) in [5, 5.41) is 38.1. The van der Waals surface area contributed by atoms with Crippen molar-refractivity contribution in [1.29, 1.82) is 0 Å². The van der Waals surface area contributed by atoms with E-state index in [1.165, 1.54) is 0 Å². The molecule has 5 atom stereocenters. The van der Waals surface area contributed by atoms with E-state index < -0.39 is 43.9 Å². The fourth-order valence-electron chi connectivity index (χ4n) is 2.35. The van der Waals surface area contributed by atoms with Crippen molar-refractivity contribution in [2.24, 2.45) is 0 Å². The van der Waals surface area contributed by atoms with E-state index >= 15 is 0 Å². The molecule has 1 aromatic carbocycles. The number of hydrogen-bond acceptors (Lipinski definition) is 6. The summed E-state index contributed by atoms with van der Waals surface area (Å²) < 4.78 is 11.1. The van der Waals surface area contributed by atoms with Gasteiger partial charge in [0.25, 0.3) is 0 Å². The highest BCUT2D eigenvalue weighted by Gasteiger charge is 2.42. The van der Waals surface area contributed by atoms with Crippen LogP contribution < -0.4 is 0 Å². The van der Waals surface area contributed by atoms with Gasteiger partial charge in [-0.25, -0.2) is 0 Å². The number of ether oxygens (including phenoxy) is 2. The molecule has 1 aliphatic rings. The molecule has 0 bridgehead atoms. The largest absolute Gasteiger partial charge is 0.394 e. The van der Waals surface area contributed by atoms with E-state index in [0.29, 0.717) is 0 Å². The van der Waals surface area contributed by atoms with Crippen molar-refractivity contribution in [1.82, 2.24) is 0 Å². The van der Waals surface area contributed by atoms with E-state index in [9.17, 15) is 15.3 Å². The minimum atomic E-state index is -1.24. The maximum absolute atomic E-state index is 10.0. The van der Waals surface area contributed by atoms with Gasteiger partial charge in [-0.2, -0.15) is 0 Å². The van der Waals surface area contributed by atoms with Crippen LogP contribution in [0.1, 0.15) is 23.0 Å². The highest BCUT2D eigenvalue weighted by atomic mass is 16.7. The topological polar surface area (TPSA) is 99.4 Å². The quantitative estimate of drug-likeness (QED) is 0.614. The average molecular weight is 298 g/mol. The summed E-state index contributed by atoms with van der Waals surface area (Å²) >= 11 is 0. The molecule has 0 radical (unpaired) electrons. The summed E-state index contributed by atoms with van der Waals surface area (Å²) in [5.74, 6) is 0. The first kappa shape index (κ1) is 16.4. The Hall–Kier alpha value is -1.02. The van der Waals surface area contributed by atoms with Gasteiger partial charge in [0.05, 0.1) is 13.2 Å². The zero-order chi connectivity index (χ0) is 15.6. The molecule has 1 aromatic rings. The minimum absolute atomic E-state index is 0.402. The Labute approximate surface area is 123 Å². The van der Waals surface area contributed by atoms with E-state index in [1.807, 2.05) is 32.0 Å². The Morgan fingerprint density at radius 3 is 2.43 bits per heavy atom. The van der Waals surface area contributed by atoms with Crippen LogP contribution in [0.3, 0.4) is 0 Å². The van der Waals surface area contributed by atoms with Gasteiger partial charge in [-0.3, -0.25) is 0 Å². The van der Waals surface area contributed by atoms with Crippen molar-refractivity contribution >= 4 is 0 Å². The summed E-state index contributed by atoms with van der Waals surface area (Å²) in [6.07, 6.45) is -5.16. The first-order valence-electron chi connectivity index (χ1n) is 6.93. The lowest BCUT2D eigenvalue weighted by Crippen LogP contribution is -2.54. The summed E-state index contributed by atoms with van der Waals surface area (Å²) in [6, 6.07) is 5.66. The molecule has 0 aliphatic carbocycles. The molecule has 1 saturated heterocycles. The molecule has 6 heteroatoms. The van der Waals surface area contributed by atoms with Gasteiger partial charge in [-0.05, 0) is 25.0 Å². The zero-order valence-corrected chi connectivity index (χ0v) is 12.1. The molecule has 2 rings (SSSR count). The summed E-state index contributed by atoms with van der Waals surface area (Å²) in [7, 11) is 0. The van der Waals surface area contributed by atoms with Crippen LogP contribution >= 0.6 is 0 Å². The second-order valence-corrected chi connectivity index (χ2v) is 5.37. The zero-order valence-electron chi connectivity index (χ0n) is 12.1. The van der Waals surface area contributed by atoms with Crippen molar-refractivity contribution in [3.63, 3.8) is 0 Å². The third-order valence-corrected chi connectivity index (χ3v) is 3.85. The van der Waals surface area contributed by atoms with Crippen LogP contribution in [0.15, 0.2) is 18.2 Å². The van der Waals surface area contributed by atoms with E-state index in [2.05, 4.69) is 0 Å². The SMILES string of the molecule is Cc1ccc([C@@H]2O[C@H]([C@H](O)CO)[C@H](O)[C@H](CO)O2)cc1C. The van der Waals surface area contributed by atoms with Gasteiger partial charge in [0.2, 0.25) is 0 Å². The second-order valence-electron chi connectivity index (χ2n) is 5.37. The monoisotopic (exact) mass is 298 g/mol. The minimum Gasteiger partial charge on any atom is -0.394 e. The Morgan fingerprint density at radius 2 is 1.86 bits per heavy atom. The highest BCUT2D eigenvalue weighted by Crippen LogP contribution is 2.32. The Balaban J connectivity index is 2.24. The predicted molar refractivity (Wildman–Crippen MR) is 74.6 cm³/mol. The van der Waals surface area contributed by atoms with Gasteiger partial charge in [-0.1, -0.05) is 18.2 Å². The molecule has 21 heavy (non-hydrogen) atoms. The molecule has 1 heterocycles. The number of aliphatic hydroxyl groups is 4. The molecule has 6 nitrogen and oxygen atoms in total. The highest BCUT2D eigenvalue weighted by molar-refractivity contribution is 5.30. The Morgan fingerprint density at radius 1 is 1.14 bits per heavy atom. The van der Waals surface area contributed by atoms with Crippen LogP contribution in [0.4, 0.5) is 0 Å². The van der Waals surface area contributed by atoms with Crippen molar-refractivity contribution < 1.29 is 29.9 Å². The molecule has 1 fully saturated rings. The average Bonchev–Trinajstić information content (AvgIpc) is 2.49. The van der Waals surface area contributed by atoms with Crippen LogP contribution in [-0.4, -0.2) is 58.1 Å². The number of hydrogen-bond donors (Lipinski definition) is 4. The van der Waals surface area contributed by atoms with E-state index in [1.54, 1.807) is 0 Å². The van der Waals surface area contributed by atoms with Gasteiger partial charge in [0.15, 0.2) is 6.29 Å². The van der Waals surface area contributed by atoms with E-state index in [4.69, 9.17) is 14.6 Å². The van der Waals surface area contributed by atoms with Crippen LogP contribution in [-0.2, 0) is 9.47 Å². The molecule has 0 amide bonds. The second kappa shape index (κ2) is 6.83. The van der Waals surface area contributed by atoms with Crippen molar-refractivity contribution in [3.05, 3.63) is 34.9 Å². The van der Waals surface area contributed by atoms with Crippen molar-refractivity contribution in [2.75, 3.05) is 13.2 Å². The van der Waals surface area contributed by atoms with Crippen molar-refractivity contribution in [2.45, 2.75) is 44.6 Å². The molecular formula is C15H22O6. The lowest BCUT2D eigenvalue weighted by molar-refractivity contribution is -0.310. The number of rotatable bonds is 4. The fourth-order valence-corrected chi connectivity index (χ4v) is 2.35. The molecule has 0 saturated carbocycles. The van der Waals surface area contributed by atoms with Gasteiger partial charge in [0, 0.05) is 5.56 Å². The van der Waals surface area contributed by atoms with Gasteiger partial charge >= 0.3 is 0 Å². The summed E-state index contributed by atoms with van der Waals surface area (Å²) in [6.45, 7) is 3.00. The molecule has 0 unspecified atom stereocenters. The number of aryl methyl sites for hydroxylation is 2. The van der Waals surface area contributed by atoms with Gasteiger partial charge in [-0.15, -0.1) is 0 Å². The maximum Gasteiger partial charge on any atom is 0.184 e. The van der Waals surface area contributed by atoms with Gasteiger partial charge in [0.1, 0.15) is 24.4 Å². The van der Waals surface area contributed by atoms with Gasteiger partial charge < -0.3 is 29.9 Å². The summed E-state index contributed by atoms with van der Waals surface area (Å²) in [4.78, 5) is 0.